The van der Waals surface area contributed by atoms with Gasteiger partial charge in [0.15, 0.2) is 0 Å². The van der Waals surface area contributed by atoms with Crippen LogP contribution in [0.1, 0.15) is 10.4 Å². The Morgan fingerprint density at radius 3 is 2.32 bits per heavy atom. The first-order chi connectivity index (χ1) is 10.4. The molecule has 0 heterocycles. The lowest BCUT2D eigenvalue weighted by molar-refractivity contribution is 0.102. The molecule has 2 aromatic carbocycles. The van der Waals surface area contributed by atoms with E-state index in [0.29, 0.717) is 0 Å². The molecule has 8 heteroatoms. The molecule has 0 unspecified atom stereocenters. The van der Waals surface area contributed by atoms with Crippen LogP contribution >= 0.6 is 0 Å². The molecule has 2 aromatic rings. The molecule has 0 aliphatic heterocycles. The summed E-state index contributed by atoms with van der Waals surface area (Å²) in [7, 11) is -2.61. The summed E-state index contributed by atoms with van der Waals surface area (Å²) in [5.41, 5.74) is 0.241. The molecule has 0 aliphatic carbocycles. The topological polar surface area (TPSA) is 84.5 Å². The van der Waals surface area contributed by atoms with Crippen molar-refractivity contribution in [2.24, 2.45) is 0 Å². The molecule has 0 bridgehead atoms. The molecule has 0 radical (unpaired) electrons. The molecule has 2 N–H and O–H groups in total. The number of sulfonamides is 1. The lowest BCUT2D eigenvalue weighted by Gasteiger charge is -2.07. The van der Waals surface area contributed by atoms with Gasteiger partial charge in [0.2, 0.25) is 0 Å². The average Bonchev–Trinajstić information content (AvgIpc) is 2.49. The Morgan fingerprint density at radius 1 is 1.09 bits per heavy atom. The van der Waals surface area contributed by atoms with Crippen molar-refractivity contribution < 1.29 is 22.4 Å². The summed E-state index contributed by atoms with van der Waals surface area (Å²) < 4.78 is 36.8. The van der Waals surface area contributed by atoms with Crippen molar-refractivity contribution >= 4 is 21.6 Å². The molecule has 0 spiro atoms. The van der Waals surface area contributed by atoms with E-state index in [4.69, 9.17) is 0 Å². The van der Waals surface area contributed by atoms with Gasteiger partial charge in [-0.1, -0.05) is 17.0 Å². The summed E-state index contributed by atoms with van der Waals surface area (Å²) in [6.45, 7) is 0. The first-order valence-electron chi connectivity index (χ1n) is 6.15. The molecule has 6 nitrogen and oxygen atoms in total. The number of amides is 1. The Bertz CT molecular complexity index is 776. The van der Waals surface area contributed by atoms with Gasteiger partial charge in [0.05, 0.1) is 17.7 Å². The minimum absolute atomic E-state index is 0.0465. The standard InChI is InChI=1S/C14H13FN2O4S/c1-21-17-22(19,20)11-8-6-10(7-9-11)14(18)16-13-5-3-2-4-12(13)15/h2-9,17H,1H3,(H,16,18). The predicted molar refractivity (Wildman–Crippen MR) is 78.1 cm³/mol. The molecular formula is C14H13FN2O4S. The summed E-state index contributed by atoms with van der Waals surface area (Å²) in [6.07, 6.45) is 0. The zero-order valence-corrected chi connectivity index (χ0v) is 12.4. The van der Waals surface area contributed by atoms with Crippen LogP contribution in [0.15, 0.2) is 53.4 Å². The van der Waals surface area contributed by atoms with E-state index in [1.807, 2.05) is 4.89 Å². The van der Waals surface area contributed by atoms with Crippen molar-refractivity contribution in [1.29, 1.82) is 0 Å². The Morgan fingerprint density at radius 2 is 1.73 bits per heavy atom. The SMILES string of the molecule is CONS(=O)(=O)c1ccc(C(=O)Nc2ccccc2F)cc1. The summed E-state index contributed by atoms with van der Waals surface area (Å²) in [6, 6.07) is 10.9. The van der Waals surface area contributed by atoms with Crippen LogP contribution in [-0.2, 0) is 14.9 Å². The molecular weight excluding hydrogens is 311 g/mol. The maximum atomic E-state index is 13.5. The van der Waals surface area contributed by atoms with Crippen molar-refractivity contribution in [1.82, 2.24) is 4.89 Å². The van der Waals surface area contributed by atoms with Crippen LogP contribution in [-0.4, -0.2) is 21.4 Å². The molecule has 1 amide bonds. The number of rotatable bonds is 5. The number of anilines is 1. The minimum Gasteiger partial charge on any atom is -0.319 e. The van der Waals surface area contributed by atoms with Crippen molar-refractivity contribution in [3.05, 3.63) is 59.9 Å². The van der Waals surface area contributed by atoms with Gasteiger partial charge in [0, 0.05) is 5.56 Å². The van der Waals surface area contributed by atoms with E-state index < -0.39 is 21.7 Å². The molecule has 0 atom stereocenters. The van der Waals surface area contributed by atoms with Crippen LogP contribution in [0.25, 0.3) is 0 Å². The average molecular weight is 324 g/mol. The fourth-order valence-electron chi connectivity index (χ4n) is 1.70. The highest BCUT2D eigenvalue weighted by Gasteiger charge is 2.15. The van der Waals surface area contributed by atoms with Crippen LogP contribution < -0.4 is 10.2 Å². The minimum atomic E-state index is -3.78. The van der Waals surface area contributed by atoms with Crippen molar-refractivity contribution in [2.75, 3.05) is 12.4 Å². The van der Waals surface area contributed by atoms with Gasteiger partial charge in [-0.25, -0.2) is 12.8 Å². The van der Waals surface area contributed by atoms with E-state index >= 15 is 0 Å². The van der Waals surface area contributed by atoms with Gasteiger partial charge >= 0.3 is 0 Å². The van der Waals surface area contributed by atoms with Crippen molar-refractivity contribution in [3.63, 3.8) is 0 Å². The maximum Gasteiger partial charge on any atom is 0.262 e. The highest BCUT2D eigenvalue weighted by atomic mass is 32.2. The van der Waals surface area contributed by atoms with Gasteiger partial charge in [-0.15, -0.1) is 0 Å². The van der Waals surface area contributed by atoms with Crippen LogP contribution in [0.5, 0.6) is 0 Å². The number of halogens is 1. The first kappa shape index (κ1) is 16.1. The van der Waals surface area contributed by atoms with Crippen molar-refractivity contribution in [2.45, 2.75) is 4.90 Å². The lowest BCUT2D eigenvalue weighted by Crippen LogP contribution is -2.22. The molecule has 0 saturated heterocycles. The van der Waals surface area contributed by atoms with Crippen LogP contribution in [0.4, 0.5) is 10.1 Å². The van der Waals surface area contributed by atoms with Gasteiger partial charge in [-0.05, 0) is 36.4 Å². The second-order valence-corrected chi connectivity index (χ2v) is 5.89. The third kappa shape index (κ3) is 3.67. The van der Waals surface area contributed by atoms with Crippen LogP contribution in [0.3, 0.4) is 0 Å². The maximum absolute atomic E-state index is 13.5. The molecule has 0 aliphatic rings. The fraction of sp³-hybridized carbons (Fsp3) is 0.0714. The van der Waals surface area contributed by atoms with E-state index in [0.717, 1.165) is 0 Å². The third-order valence-corrected chi connectivity index (χ3v) is 4.02. The summed E-state index contributed by atoms with van der Waals surface area (Å²) in [5, 5.41) is 2.41. The van der Waals surface area contributed by atoms with Crippen LogP contribution in [0, 0.1) is 5.82 Å². The first-order valence-corrected chi connectivity index (χ1v) is 7.63. The van der Waals surface area contributed by atoms with Crippen LogP contribution in [0.2, 0.25) is 0 Å². The molecule has 0 saturated carbocycles. The van der Waals surface area contributed by atoms with E-state index in [9.17, 15) is 17.6 Å². The van der Waals surface area contributed by atoms with E-state index in [1.165, 1.54) is 49.6 Å². The smallest absolute Gasteiger partial charge is 0.262 e. The number of hydrogen-bond acceptors (Lipinski definition) is 4. The lowest BCUT2D eigenvalue weighted by atomic mass is 10.2. The molecule has 0 aromatic heterocycles. The number of hydrogen-bond donors (Lipinski definition) is 2. The Balaban J connectivity index is 2.17. The van der Waals surface area contributed by atoms with E-state index in [-0.39, 0.29) is 16.1 Å². The summed E-state index contributed by atoms with van der Waals surface area (Å²) >= 11 is 0. The number of carbonyl (C=O) groups is 1. The Kier molecular flexibility index (Phi) is 4.86. The quantitative estimate of drug-likeness (QED) is 0.823. The van der Waals surface area contributed by atoms with E-state index in [1.54, 1.807) is 6.07 Å². The van der Waals surface area contributed by atoms with Gasteiger partial charge < -0.3 is 5.32 Å². The predicted octanol–water partition coefficient (Wildman–Crippen LogP) is 1.92. The second kappa shape index (κ2) is 6.65. The van der Waals surface area contributed by atoms with Gasteiger partial charge in [-0.3, -0.25) is 9.63 Å². The number of para-hydroxylation sites is 1. The third-order valence-electron chi connectivity index (χ3n) is 2.74. The molecule has 22 heavy (non-hydrogen) atoms. The van der Waals surface area contributed by atoms with Gasteiger partial charge in [0.25, 0.3) is 15.9 Å². The molecule has 2 rings (SSSR count). The summed E-state index contributed by atoms with van der Waals surface area (Å²) in [5.74, 6) is -1.10. The molecule has 116 valence electrons. The van der Waals surface area contributed by atoms with Gasteiger partial charge in [-0.2, -0.15) is 0 Å². The van der Waals surface area contributed by atoms with Crippen molar-refractivity contribution in [3.8, 4) is 0 Å². The number of benzene rings is 2. The highest BCUT2D eigenvalue weighted by Crippen LogP contribution is 2.15. The Labute approximate surface area is 126 Å². The monoisotopic (exact) mass is 324 g/mol. The van der Waals surface area contributed by atoms with E-state index in [2.05, 4.69) is 10.2 Å². The zero-order valence-electron chi connectivity index (χ0n) is 11.5. The zero-order chi connectivity index (χ0) is 16.2. The van der Waals surface area contributed by atoms with Gasteiger partial charge in [0.1, 0.15) is 5.82 Å². The Hall–Kier alpha value is -2.29. The normalized spacial score (nSPS) is 11.2. The fourth-order valence-corrected chi connectivity index (χ4v) is 2.51. The number of nitrogens with one attached hydrogen (secondary N) is 2. The highest BCUT2D eigenvalue weighted by molar-refractivity contribution is 7.89. The summed E-state index contributed by atoms with van der Waals surface area (Å²) in [4.78, 5) is 18.2. The molecule has 0 fully saturated rings. The number of carbonyl (C=O) groups excluding carboxylic acids is 1. The second-order valence-electron chi connectivity index (χ2n) is 4.25. The largest absolute Gasteiger partial charge is 0.319 e.